The van der Waals surface area contributed by atoms with E-state index in [1.54, 1.807) is 0 Å². The molecule has 0 saturated heterocycles. The molecule has 2 nitrogen and oxygen atoms in total. The molecule has 0 aliphatic heterocycles. The zero-order valence-electron chi connectivity index (χ0n) is 5.85. The molecular formula is C7H8ClFN2. The molecule has 0 atom stereocenters. The van der Waals surface area contributed by atoms with Gasteiger partial charge in [0, 0.05) is 0 Å². The van der Waals surface area contributed by atoms with E-state index in [0.29, 0.717) is 23.7 Å². The van der Waals surface area contributed by atoms with Crippen molar-refractivity contribution >= 4 is 11.6 Å². The molecule has 1 heterocycles. The molecule has 0 aliphatic rings. The minimum atomic E-state index is -0.347. The molecule has 1 rings (SSSR count). The smallest absolute Gasteiger partial charge is 0.144 e. The van der Waals surface area contributed by atoms with Gasteiger partial charge in [0.05, 0.1) is 6.20 Å². The lowest BCUT2D eigenvalue weighted by Crippen LogP contribution is -2.04. The highest BCUT2D eigenvalue weighted by Gasteiger charge is 2.01. The maximum absolute atomic E-state index is 12.8. The lowest BCUT2D eigenvalue weighted by molar-refractivity contribution is 0.603. The van der Waals surface area contributed by atoms with E-state index in [2.05, 4.69) is 4.98 Å². The minimum Gasteiger partial charge on any atom is -0.330 e. The Morgan fingerprint density at radius 1 is 1.64 bits per heavy atom. The molecule has 60 valence electrons. The highest BCUT2D eigenvalue weighted by atomic mass is 35.5. The van der Waals surface area contributed by atoms with Gasteiger partial charge in [-0.15, -0.1) is 0 Å². The summed E-state index contributed by atoms with van der Waals surface area (Å²) in [6, 6.07) is 1.49. The fourth-order valence-electron chi connectivity index (χ4n) is 0.798. The van der Waals surface area contributed by atoms with E-state index in [1.807, 2.05) is 0 Å². The van der Waals surface area contributed by atoms with Crippen molar-refractivity contribution in [2.24, 2.45) is 5.73 Å². The van der Waals surface area contributed by atoms with Crippen LogP contribution >= 0.6 is 11.6 Å². The second kappa shape index (κ2) is 3.64. The van der Waals surface area contributed by atoms with Crippen LogP contribution in [0.1, 0.15) is 5.56 Å². The monoisotopic (exact) mass is 174 g/mol. The first-order valence-electron chi connectivity index (χ1n) is 3.24. The van der Waals surface area contributed by atoms with Crippen molar-refractivity contribution < 1.29 is 4.39 Å². The number of halogens is 2. The Kier molecular flexibility index (Phi) is 2.79. The number of nitrogens with two attached hydrogens (primary N) is 1. The molecule has 0 amide bonds. The van der Waals surface area contributed by atoms with Gasteiger partial charge in [-0.1, -0.05) is 11.6 Å². The van der Waals surface area contributed by atoms with Crippen LogP contribution in [0.15, 0.2) is 12.3 Å². The topological polar surface area (TPSA) is 38.9 Å². The van der Waals surface area contributed by atoms with E-state index < -0.39 is 0 Å². The van der Waals surface area contributed by atoms with Crippen molar-refractivity contribution in [3.63, 3.8) is 0 Å². The van der Waals surface area contributed by atoms with E-state index in [1.165, 1.54) is 6.07 Å². The highest BCUT2D eigenvalue weighted by molar-refractivity contribution is 6.29. The maximum atomic E-state index is 12.8. The van der Waals surface area contributed by atoms with Gasteiger partial charge in [0.25, 0.3) is 0 Å². The summed E-state index contributed by atoms with van der Waals surface area (Å²) >= 11 is 5.53. The highest BCUT2D eigenvalue weighted by Crippen LogP contribution is 2.11. The van der Waals surface area contributed by atoms with Gasteiger partial charge in [-0.3, -0.25) is 0 Å². The van der Waals surface area contributed by atoms with Crippen LogP contribution in [0, 0.1) is 5.82 Å². The quantitative estimate of drug-likeness (QED) is 0.688. The average molecular weight is 175 g/mol. The molecule has 0 saturated carbocycles. The van der Waals surface area contributed by atoms with Crippen molar-refractivity contribution in [3.8, 4) is 0 Å². The number of hydrogen-bond acceptors (Lipinski definition) is 2. The van der Waals surface area contributed by atoms with Crippen molar-refractivity contribution in [1.29, 1.82) is 0 Å². The first-order valence-corrected chi connectivity index (χ1v) is 3.62. The molecule has 0 fully saturated rings. The largest absolute Gasteiger partial charge is 0.330 e. The van der Waals surface area contributed by atoms with Gasteiger partial charge < -0.3 is 5.73 Å². The van der Waals surface area contributed by atoms with E-state index in [4.69, 9.17) is 17.3 Å². The second-order valence-corrected chi connectivity index (χ2v) is 2.52. The average Bonchev–Trinajstić information content (AvgIpc) is 1.98. The van der Waals surface area contributed by atoms with Crippen LogP contribution in [0.25, 0.3) is 0 Å². The predicted molar refractivity (Wildman–Crippen MR) is 42.0 cm³/mol. The van der Waals surface area contributed by atoms with Crippen molar-refractivity contribution in [2.45, 2.75) is 6.42 Å². The van der Waals surface area contributed by atoms with E-state index in [0.717, 1.165) is 6.20 Å². The number of rotatable bonds is 2. The van der Waals surface area contributed by atoms with Crippen LogP contribution in [-0.2, 0) is 6.42 Å². The van der Waals surface area contributed by atoms with E-state index >= 15 is 0 Å². The Hall–Kier alpha value is -0.670. The molecule has 4 heteroatoms. The lowest BCUT2D eigenvalue weighted by atomic mass is 10.2. The van der Waals surface area contributed by atoms with Crippen LogP contribution in [-0.4, -0.2) is 11.5 Å². The second-order valence-electron chi connectivity index (χ2n) is 2.14. The van der Waals surface area contributed by atoms with Crippen LogP contribution in [0.3, 0.4) is 0 Å². The van der Waals surface area contributed by atoms with Gasteiger partial charge in [-0.25, -0.2) is 9.37 Å². The molecule has 0 radical (unpaired) electrons. The van der Waals surface area contributed by atoms with E-state index in [9.17, 15) is 4.39 Å². The third kappa shape index (κ3) is 2.13. The van der Waals surface area contributed by atoms with Crippen molar-refractivity contribution in [1.82, 2.24) is 4.98 Å². The minimum absolute atomic E-state index is 0.301. The zero-order valence-corrected chi connectivity index (χ0v) is 6.61. The zero-order chi connectivity index (χ0) is 8.27. The predicted octanol–water partition coefficient (Wildman–Crippen LogP) is 1.38. The van der Waals surface area contributed by atoms with Gasteiger partial charge >= 0.3 is 0 Å². The van der Waals surface area contributed by atoms with Crippen molar-refractivity contribution in [3.05, 3.63) is 28.8 Å². The molecule has 0 aliphatic carbocycles. The number of hydrogen-bond donors (Lipinski definition) is 1. The number of nitrogens with zero attached hydrogens (tertiary/aromatic N) is 1. The van der Waals surface area contributed by atoms with Crippen LogP contribution in [0.4, 0.5) is 4.39 Å². The molecular weight excluding hydrogens is 167 g/mol. The summed E-state index contributed by atoms with van der Waals surface area (Å²) in [5.41, 5.74) is 5.77. The normalized spacial score (nSPS) is 10.1. The Morgan fingerprint density at radius 3 is 3.00 bits per heavy atom. The molecule has 2 N–H and O–H groups in total. The first kappa shape index (κ1) is 8.43. The van der Waals surface area contributed by atoms with Gasteiger partial charge in [-0.05, 0) is 24.6 Å². The molecule has 0 aromatic carbocycles. The molecule has 0 bridgehead atoms. The van der Waals surface area contributed by atoms with Gasteiger partial charge in [0.15, 0.2) is 0 Å². The summed E-state index contributed by atoms with van der Waals surface area (Å²) in [5, 5.41) is 0.301. The lowest BCUT2D eigenvalue weighted by Gasteiger charge is -1.99. The fourth-order valence-corrected chi connectivity index (χ4v) is 0.979. The molecule has 0 spiro atoms. The van der Waals surface area contributed by atoms with Crippen LogP contribution in [0.2, 0.25) is 5.15 Å². The Bertz CT molecular complexity index is 252. The van der Waals surface area contributed by atoms with Crippen LogP contribution < -0.4 is 5.73 Å². The standard InChI is InChI=1S/C7H8ClFN2/c8-7-3-5(1-2-10)6(9)4-11-7/h3-4H,1-2,10H2. The Labute approximate surface area is 69.2 Å². The van der Waals surface area contributed by atoms with Crippen molar-refractivity contribution in [2.75, 3.05) is 6.54 Å². The fraction of sp³-hybridized carbons (Fsp3) is 0.286. The molecule has 0 unspecified atom stereocenters. The first-order chi connectivity index (χ1) is 5.24. The molecule has 1 aromatic rings. The SMILES string of the molecule is NCCc1cc(Cl)ncc1F. The summed E-state index contributed by atoms with van der Waals surface area (Å²) in [4.78, 5) is 3.57. The van der Waals surface area contributed by atoms with Gasteiger partial charge in [0.2, 0.25) is 0 Å². The summed E-state index contributed by atoms with van der Waals surface area (Å²) in [7, 11) is 0. The third-order valence-electron chi connectivity index (χ3n) is 1.32. The van der Waals surface area contributed by atoms with Crippen LogP contribution in [0.5, 0.6) is 0 Å². The Balaban J connectivity index is 2.93. The van der Waals surface area contributed by atoms with Gasteiger partial charge in [0.1, 0.15) is 11.0 Å². The summed E-state index contributed by atoms with van der Waals surface area (Å²) < 4.78 is 12.8. The number of aromatic nitrogens is 1. The van der Waals surface area contributed by atoms with E-state index in [-0.39, 0.29) is 5.82 Å². The number of pyridine rings is 1. The summed E-state index contributed by atoms with van der Waals surface area (Å²) in [6.07, 6.45) is 1.60. The maximum Gasteiger partial charge on any atom is 0.144 e. The third-order valence-corrected chi connectivity index (χ3v) is 1.52. The molecule has 1 aromatic heterocycles. The summed E-state index contributed by atoms with van der Waals surface area (Å²) in [6.45, 7) is 0.414. The summed E-state index contributed by atoms with van der Waals surface area (Å²) in [5.74, 6) is -0.347. The molecule has 11 heavy (non-hydrogen) atoms. The van der Waals surface area contributed by atoms with Gasteiger partial charge in [-0.2, -0.15) is 0 Å². The Morgan fingerprint density at radius 2 is 2.36 bits per heavy atom.